The van der Waals surface area contributed by atoms with Crippen LogP contribution in [0.5, 0.6) is 5.75 Å². The first-order chi connectivity index (χ1) is 15.2. The predicted molar refractivity (Wildman–Crippen MR) is 122 cm³/mol. The molecule has 10 heteroatoms. The highest BCUT2D eigenvalue weighted by Gasteiger charge is 2.31. The molecule has 2 aromatic carbocycles. The summed E-state index contributed by atoms with van der Waals surface area (Å²) < 4.78 is 45.7. The van der Waals surface area contributed by atoms with Gasteiger partial charge in [0, 0.05) is 0 Å². The number of hydrogen-bond donors (Lipinski definition) is 1. The van der Waals surface area contributed by atoms with Gasteiger partial charge in [0.1, 0.15) is 27.0 Å². The van der Waals surface area contributed by atoms with E-state index in [4.69, 9.17) is 13.9 Å². The van der Waals surface area contributed by atoms with E-state index in [1.807, 2.05) is 24.3 Å². The van der Waals surface area contributed by atoms with E-state index in [0.717, 1.165) is 15.8 Å². The van der Waals surface area contributed by atoms with E-state index >= 15 is 0 Å². The maximum absolute atomic E-state index is 13.3. The molecule has 32 heavy (non-hydrogen) atoms. The van der Waals surface area contributed by atoms with Gasteiger partial charge in [-0.1, -0.05) is 18.2 Å². The number of anilines is 1. The van der Waals surface area contributed by atoms with E-state index in [9.17, 15) is 13.2 Å². The first-order valence-electron chi connectivity index (χ1n) is 9.50. The number of aryl methyl sites for hydroxylation is 2. The monoisotopic (exact) mass is 472 g/mol. The van der Waals surface area contributed by atoms with Crippen LogP contribution in [0.25, 0.3) is 20.8 Å². The van der Waals surface area contributed by atoms with E-state index < -0.39 is 16.0 Å². The minimum atomic E-state index is -4.12. The van der Waals surface area contributed by atoms with Gasteiger partial charge in [-0.25, -0.2) is 22.9 Å². The second kappa shape index (κ2) is 8.29. The maximum Gasteiger partial charge on any atom is 0.342 e. The first kappa shape index (κ1) is 21.8. The van der Waals surface area contributed by atoms with Crippen molar-refractivity contribution in [2.45, 2.75) is 18.7 Å². The van der Waals surface area contributed by atoms with Gasteiger partial charge in [-0.15, -0.1) is 11.3 Å². The third-order valence-electron chi connectivity index (χ3n) is 4.82. The molecule has 4 aromatic rings. The molecule has 1 N–H and O–H groups in total. The molecule has 2 heterocycles. The fraction of sp³-hybridized carbons (Fsp3) is 0.182. The van der Waals surface area contributed by atoms with Crippen molar-refractivity contribution in [3.63, 3.8) is 0 Å². The average Bonchev–Trinajstić information content (AvgIpc) is 3.33. The van der Waals surface area contributed by atoms with Crippen molar-refractivity contribution in [3.05, 3.63) is 59.4 Å². The van der Waals surface area contributed by atoms with Gasteiger partial charge in [-0.2, -0.15) is 0 Å². The summed E-state index contributed by atoms with van der Waals surface area (Å²) in [5, 5.41) is 0.428. The third kappa shape index (κ3) is 3.82. The molecule has 0 radical (unpaired) electrons. The Bertz CT molecular complexity index is 1400. The summed E-state index contributed by atoms with van der Waals surface area (Å²) >= 11 is 1.31. The Balaban J connectivity index is 1.90. The lowest BCUT2D eigenvalue weighted by Crippen LogP contribution is -2.14. The normalized spacial score (nSPS) is 11.5. The third-order valence-corrected chi connectivity index (χ3v) is 7.22. The van der Waals surface area contributed by atoms with Crippen molar-refractivity contribution < 1.29 is 27.1 Å². The van der Waals surface area contributed by atoms with Crippen molar-refractivity contribution in [1.82, 2.24) is 4.98 Å². The van der Waals surface area contributed by atoms with Crippen LogP contribution in [0.2, 0.25) is 0 Å². The van der Waals surface area contributed by atoms with Crippen LogP contribution in [0.4, 0.5) is 5.88 Å². The minimum absolute atomic E-state index is 0.0519. The van der Waals surface area contributed by atoms with Crippen LogP contribution in [0.1, 0.15) is 21.7 Å². The van der Waals surface area contributed by atoms with Crippen molar-refractivity contribution in [2.75, 3.05) is 18.9 Å². The summed E-state index contributed by atoms with van der Waals surface area (Å²) in [6, 6.07) is 12.3. The van der Waals surface area contributed by atoms with Crippen molar-refractivity contribution in [2.24, 2.45) is 0 Å². The molecule has 0 fully saturated rings. The largest absolute Gasteiger partial charge is 0.495 e. The Hall–Kier alpha value is -3.37. The summed E-state index contributed by atoms with van der Waals surface area (Å²) in [6.45, 7) is 3.34. The zero-order chi connectivity index (χ0) is 23.0. The van der Waals surface area contributed by atoms with Gasteiger partial charge in [-0.3, -0.25) is 0 Å². The number of rotatable bonds is 6. The molecule has 0 saturated heterocycles. The highest BCUT2D eigenvalue weighted by atomic mass is 32.2. The molecular formula is C22H20N2O6S2. The Morgan fingerprint density at radius 3 is 2.56 bits per heavy atom. The standard InChI is InChI=1S/C22H20N2O6S2/c1-12-9-10-15(28-3)17(11-12)32(26,27)24-20-19(18(13(2)30-20)22(25)29-4)21-23-14-7-5-6-8-16(14)31-21/h5-11,24H,1-4H3. The molecule has 4 rings (SSSR count). The molecule has 8 nitrogen and oxygen atoms in total. The van der Waals surface area contributed by atoms with Crippen LogP contribution in [0.3, 0.4) is 0 Å². The van der Waals surface area contributed by atoms with E-state index in [-0.39, 0.29) is 33.4 Å². The van der Waals surface area contributed by atoms with E-state index in [1.165, 1.54) is 31.6 Å². The molecule has 0 saturated carbocycles. The summed E-state index contributed by atoms with van der Waals surface area (Å²) in [7, 11) is -1.48. The second-order valence-corrected chi connectivity index (χ2v) is 9.66. The Morgan fingerprint density at radius 1 is 1.12 bits per heavy atom. The smallest absolute Gasteiger partial charge is 0.342 e. The van der Waals surface area contributed by atoms with Crippen LogP contribution in [-0.4, -0.2) is 33.6 Å². The first-order valence-corrected chi connectivity index (χ1v) is 11.8. The second-order valence-electron chi connectivity index (χ2n) is 6.98. The van der Waals surface area contributed by atoms with Gasteiger partial charge in [0.2, 0.25) is 5.88 Å². The number of nitrogens with one attached hydrogen (secondary N) is 1. The fourth-order valence-electron chi connectivity index (χ4n) is 3.32. The molecule has 0 bridgehead atoms. The fourth-order valence-corrected chi connectivity index (χ4v) is 5.59. The molecule has 0 aliphatic rings. The number of methoxy groups -OCH3 is 2. The lowest BCUT2D eigenvalue weighted by atomic mass is 10.1. The van der Waals surface area contributed by atoms with Crippen LogP contribution >= 0.6 is 11.3 Å². The SMILES string of the molecule is COC(=O)c1c(C)oc(NS(=O)(=O)c2cc(C)ccc2OC)c1-c1nc2ccccc2s1. The van der Waals surface area contributed by atoms with Gasteiger partial charge in [0.15, 0.2) is 0 Å². The number of benzene rings is 2. The lowest BCUT2D eigenvalue weighted by Gasteiger charge is -2.11. The quantitative estimate of drug-likeness (QED) is 0.403. The molecule has 0 unspecified atom stereocenters. The number of carbonyl (C=O) groups is 1. The van der Waals surface area contributed by atoms with Crippen LogP contribution < -0.4 is 9.46 Å². The number of para-hydroxylation sites is 1. The molecule has 0 amide bonds. The topological polar surface area (TPSA) is 108 Å². The van der Waals surface area contributed by atoms with Gasteiger partial charge in [0.25, 0.3) is 10.0 Å². The number of carbonyl (C=O) groups excluding carboxylic acids is 1. The van der Waals surface area contributed by atoms with Gasteiger partial charge < -0.3 is 13.9 Å². The summed E-state index contributed by atoms with van der Waals surface area (Å²) in [5.74, 6) is -0.384. The summed E-state index contributed by atoms with van der Waals surface area (Å²) in [6.07, 6.45) is 0. The zero-order valence-corrected chi connectivity index (χ0v) is 19.4. The summed E-state index contributed by atoms with van der Waals surface area (Å²) in [5.41, 5.74) is 1.80. The van der Waals surface area contributed by atoms with Crippen LogP contribution in [0, 0.1) is 13.8 Å². The molecular weight excluding hydrogens is 452 g/mol. The number of sulfonamides is 1. The van der Waals surface area contributed by atoms with Gasteiger partial charge in [0.05, 0.1) is 30.0 Å². The van der Waals surface area contributed by atoms with E-state index in [1.54, 1.807) is 26.0 Å². The minimum Gasteiger partial charge on any atom is -0.495 e. The number of ether oxygens (including phenoxy) is 2. The van der Waals surface area contributed by atoms with Crippen LogP contribution in [-0.2, 0) is 14.8 Å². The predicted octanol–water partition coefficient (Wildman–Crippen LogP) is 4.77. The lowest BCUT2D eigenvalue weighted by molar-refractivity contribution is 0.0599. The van der Waals surface area contributed by atoms with Gasteiger partial charge in [-0.05, 0) is 43.7 Å². The van der Waals surface area contributed by atoms with Crippen LogP contribution in [0.15, 0.2) is 51.8 Å². The van der Waals surface area contributed by atoms with E-state index in [2.05, 4.69) is 9.71 Å². The number of aromatic nitrogens is 1. The Morgan fingerprint density at radius 2 is 1.88 bits per heavy atom. The van der Waals surface area contributed by atoms with Gasteiger partial charge >= 0.3 is 5.97 Å². The number of nitrogens with zero attached hydrogens (tertiary/aromatic N) is 1. The van der Waals surface area contributed by atoms with E-state index in [0.29, 0.717) is 5.01 Å². The molecule has 0 aliphatic heterocycles. The molecule has 2 aromatic heterocycles. The Labute approximate surface area is 188 Å². The van der Waals surface area contributed by atoms with Crippen molar-refractivity contribution in [1.29, 1.82) is 0 Å². The zero-order valence-electron chi connectivity index (χ0n) is 17.8. The maximum atomic E-state index is 13.3. The van der Waals surface area contributed by atoms with Crippen molar-refractivity contribution >= 4 is 43.4 Å². The number of fused-ring (bicyclic) bond motifs is 1. The number of esters is 1. The highest BCUT2D eigenvalue weighted by Crippen LogP contribution is 2.41. The Kier molecular flexibility index (Phi) is 5.66. The molecule has 166 valence electrons. The number of hydrogen-bond acceptors (Lipinski definition) is 8. The number of furan rings is 1. The molecule has 0 atom stereocenters. The number of thiazole rings is 1. The highest BCUT2D eigenvalue weighted by molar-refractivity contribution is 7.92. The van der Waals surface area contributed by atoms with Crippen molar-refractivity contribution in [3.8, 4) is 16.3 Å². The summed E-state index contributed by atoms with van der Waals surface area (Å²) in [4.78, 5) is 17.1. The average molecular weight is 473 g/mol. The molecule has 0 aliphatic carbocycles. The molecule has 0 spiro atoms.